The van der Waals surface area contributed by atoms with Crippen LogP contribution in [-0.4, -0.2) is 60.9 Å². The minimum Gasteiger partial charge on any atom is -0.466 e. The number of likely N-dealkylation sites (tertiary alicyclic amines) is 1. The summed E-state index contributed by atoms with van der Waals surface area (Å²) in [4.78, 5) is 40.5. The highest BCUT2D eigenvalue weighted by Crippen LogP contribution is 2.59. The number of amides is 2. The molecule has 2 rings (SSSR count). The van der Waals surface area contributed by atoms with E-state index in [4.69, 9.17) is 4.74 Å². The second kappa shape index (κ2) is 8.44. The average molecular weight is 379 g/mol. The Bertz CT molecular complexity index is 614. The lowest BCUT2D eigenvalue weighted by Gasteiger charge is -2.32. The number of esters is 1. The third-order valence-corrected chi connectivity index (χ3v) is 5.91. The zero-order valence-corrected chi connectivity index (χ0v) is 17.6. The first kappa shape index (κ1) is 21.5. The van der Waals surface area contributed by atoms with Gasteiger partial charge in [0.2, 0.25) is 11.8 Å². The Labute approximate surface area is 162 Å². The van der Waals surface area contributed by atoms with E-state index < -0.39 is 0 Å². The van der Waals surface area contributed by atoms with Crippen LogP contribution in [0.1, 0.15) is 47.5 Å². The summed E-state index contributed by atoms with van der Waals surface area (Å²) in [6.07, 6.45) is 3.42. The minimum atomic E-state index is -0.168. The van der Waals surface area contributed by atoms with Gasteiger partial charge in [0.15, 0.2) is 0 Å². The summed E-state index contributed by atoms with van der Waals surface area (Å²) >= 11 is 0. The van der Waals surface area contributed by atoms with Crippen molar-refractivity contribution in [2.75, 3.05) is 33.3 Å². The maximum absolute atomic E-state index is 12.8. The van der Waals surface area contributed by atoms with Crippen LogP contribution in [0, 0.1) is 23.2 Å². The van der Waals surface area contributed by atoms with Gasteiger partial charge in [-0.3, -0.25) is 14.4 Å². The molecular formula is C21H34N2O4. The minimum absolute atomic E-state index is 0.0391. The number of piperidine rings is 1. The van der Waals surface area contributed by atoms with Crippen molar-refractivity contribution in [2.24, 2.45) is 23.2 Å². The zero-order chi connectivity index (χ0) is 20.4. The molecule has 0 spiro atoms. The molecule has 0 aromatic heterocycles. The lowest BCUT2D eigenvalue weighted by Crippen LogP contribution is -2.46. The first-order valence-electron chi connectivity index (χ1n) is 9.94. The zero-order valence-electron chi connectivity index (χ0n) is 17.6. The van der Waals surface area contributed by atoms with E-state index >= 15 is 0 Å². The molecule has 2 unspecified atom stereocenters. The maximum atomic E-state index is 12.8. The third-order valence-electron chi connectivity index (χ3n) is 5.91. The van der Waals surface area contributed by atoms with E-state index in [0.29, 0.717) is 32.5 Å². The first-order chi connectivity index (χ1) is 12.6. The Morgan fingerprint density at radius 1 is 1.19 bits per heavy atom. The molecule has 0 radical (unpaired) electrons. The van der Waals surface area contributed by atoms with Crippen molar-refractivity contribution in [3.63, 3.8) is 0 Å². The molecule has 152 valence electrons. The Balaban J connectivity index is 1.85. The highest BCUT2D eigenvalue weighted by atomic mass is 16.5. The Hall–Kier alpha value is -1.85. The van der Waals surface area contributed by atoms with E-state index in [1.807, 2.05) is 13.8 Å². The molecule has 1 aliphatic carbocycles. The third kappa shape index (κ3) is 4.90. The van der Waals surface area contributed by atoms with Crippen LogP contribution < -0.4 is 0 Å². The first-order valence-corrected chi connectivity index (χ1v) is 9.94. The number of allylic oxidation sites excluding steroid dienone is 2. The van der Waals surface area contributed by atoms with Gasteiger partial charge in [0, 0.05) is 20.1 Å². The van der Waals surface area contributed by atoms with Gasteiger partial charge in [-0.1, -0.05) is 25.5 Å². The van der Waals surface area contributed by atoms with Gasteiger partial charge < -0.3 is 14.5 Å². The van der Waals surface area contributed by atoms with Gasteiger partial charge in [-0.15, -0.1) is 0 Å². The van der Waals surface area contributed by atoms with E-state index in [2.05, 4.69) is 19.9 Å². The van der Waals surface area contributed by atoms with Gasteiger partial charge >= 0.3 is 5.97 Å². The molecule has 2 aliphatic rings. The van der Waals surface area contributed by atoms with Crippen molar-refractivity contribution >= 4 is 17.8 Å². The largest absolute Gasteiger partial charge is 0.466 e. The number of likely N-dealkylation sites (N-methyl/N-ethyl adjacent to an activating group) is 1. The van der Waals surface area contributed by atoms with E-state index in [0.717, 1.165) is 0 Å². The molecule has 1 saturated heterocycles. The Kier molecular flexibility index (Phi) is 6.71. The van der Waals surface area contributed by atoms with Crippen LogP contribution in [0.4, 0.5) is 0 Å². The predicted molar refractivity (Wildman–Crippen MR) is 104 cm³/mol. The molecule has 0 bridgehead atoms. The number of ether oxygens (including phenoxy) is 1. The van der Waals surface area contributed by atoms with E-state index in [-0.39, 0.29) is 47.5 Å². The van der Waals surface area contributed by atoms with Crippen LogP contribution in [0.5, 0.6) is 0 Å². The van der Waals surface area contributed by atoms with Crippen LogP contribution in [0.25, 0.3) is 0 Å². The molecule has 2 atom stereocenters. The molecule has 6 nitrogen and oxygen atoms in total. The van der Waals surface area contributed by atoms with Gasteiger partial charge in [-0.2, -0.15) is 0 Å². The summed E-state index contributed by atoms with van der Waals surface area (Å²) in [5.74, 6) is -0.112. The molecule has 6 heteroatoms. The van der Waals surface area contributed by atoms with Crippen molar-refractivity contribution < 1.29 is 19.1 Å². The number of rotatable bonds is 6. The smallest absolute Gasteiger partial charge is 0.309 e. The second-order valence-electron chi connectivity index (χ2n) is 8.67. The van der Waals surface area contributed by atoms with Crippen molar-refractivity contribution in [2.45, 2.75) is 47.5 Å². The van der Waals surface area contributed by atoms with Crippen molar-refractivity contribution in [1.29, 1.82) is 0 Å². The Morgan fingerprint density at radius 3 is 2.30 bits per heavy atom. The highest BCUT2D eigenvalue weighted by molar-refractivity contribution is 5.88. The second-order valence-corrected chi connectivity index (χ2v) is 8.67. The summed E-state index contributed by atoms with van der Waals surface area (Å²) in [6.45, 7) is 11.7. The number of hydrogen-bond donors (Lipinski definition) is 0. The lowest BCUT2D eigenvalue weighted by atomic mass is 9.97. The molecule has 1 saturated carbocycles. The molecule has 0 aromatic carbocycles. The molecule has 1 aliphatic heterocycles. The van der Waals surface area contributed by atoms with Crippen molar-refractivity contribution in [1.82, 2.24) is 9.80 Å². The van der Waals surface area contributed by atoms with Gasteiger partial charge in [0.25, 0.3) is 0 Å². The topological polar surface area (TPSA) is 66.9 Å². The van der Waals surface area contributed by atoms with E-state index in [1.54, 1.807) is 23.8 Å². The predicted octanol–water partition coefficient (Wildman–Crippen LogP) is 2.48. The number of carbonyl (C=O) groups excluding carboxylic acids is 3. The van der Waals surface area contributed by atoms with E-state index in [1.165, 1.54) is 5.57 Å². The van der Waals surface area contributed by atoms with Crippen LogP contribution >= 0.6 is 0 Å². The number of nitrogens with zero attached hydrogens (tertiary/aromatic N) is 2. The molecule has 1 heterocycles. The maximum Gasteiger partial charge on any atom is 0.309 e. The van der Waals surface area contributed by atoms with Crippen molar-refractivity contribution in [3.05, 3.63) is 11.6 Å². The normalized spacial score (nSPS) is 24.1. The molecule has 0 N–H and O–H groups in total. The van der Waals surface area contributed by atoms with Gasteiger partial charge in [0.1, 0.15) is 0 Å². The quantitative estimate of drug-likeness (QED) is 0.526. The van der Waals surface area contributed by atoms with Gasteiger partial charge in [0.05, 0.1) is 25.0 Å². The van der Waals surface area contributed by atoms with Crippen LogP contribution in [0.2, 0.25) is 0 Å². The standard InChI is InChI=1S/C21H34N2O4/c1-7-27-20(26)15-8-10-23(11-9-15)17(24)13-22(6)19(25)18-16(12-14(2)3)21(18,4)5/h12,15-16,18H,7-11,13H2,1-6H3. The molecule has 2 amide bonds. The van der Waals surface area contributed by atoms with Gasteiger partial charge in [-0.05, 0) is 44.9 Å². The fourth-order valence-electron chi connectivity index (χ4n) is 4.06. The highest BCUT2D eigenvalue weighted by Gasteiger charge is 2.61. The summed E-state index contributed by atoms with van der Waals surface area (Å²) in [5.41, 5.74) is 1.16. The van der Waals surface area contributed by atoms with Crippen LogP contribution in [0.15, 0.2) is 11.6 Å². The fraction of sp³-hybridized carbons (Fsp3) is 0.762. The molecular weight excluding hydrogens is 344 g/mol. The lowest BCUT2D eigenvalue weighted by molar-refractivity contribution is -0.151. The van der Waals surface area contributed by atoms with Crippen LogP contribution in [-0.2, 0) is 19.1 Å². The summed E-state index contributed by atoms with van der Waals surface area (Å²) in [7, 11) is 1.71. The summed E-state index contributed by atoms with van der Waals surface area (Å²) < 4.78 is 5.06. The average Bonchev–Trinajstić information content (AvgIpc) is 3.13. The molecule has 0 aromatic rings. The number of carbonyl (C=O) groups is 3. The monoisotopic (exact) mass is 378 g/mol. The summed E-state index contributed by atoms with van der Waals surface area (Å²) in [5, 5.41) is 0. The van der Waals surface area contributed by atoms with Crippen LogP contribution in [0.3, 0.4) is 0 Å². The fourth-order valence-corrected chi connectivity index (χ4v) is 4.06. The van der Waals surface area contributed by atoms with E-state index in [9.17, 15) is 14.4 Å². The molecule has 27 heavy (non-hydrogen) atoms. The SMILES string of the molecule is CCOC(=O)C1CCN(C(=O)CN(C)C(=O)C2C(C=C(C)C)C2(C)C)CC1. The Morgan fingerprint density at radius 2 is 1.78 bits per heavy atom. The summed E-state index contributed by atoms with van der Waals surface area (Å²) in [6, 6.07) is 0. The van der Waals surface area contributed by atoms with Gasteiger partial charge in [-0.25, -0.2) is 0 Å². The van der Waals surface area contributed by atoms with Crippen molar-refractivity contribution in [3.8, 4) is 0 Å². The molecule has 2 fully saturated rings. The number of hydrogen-bond acceptors (Lipinski definition) is 4.